The summed E-state index contributed by atoms with van der Waals surface area (Å²) in [5.41, 5.74) is -0.113. The highest BCUT2D eigenvalue weighted by molar-refractivity contribution is 7.89. The van der Waals surface area contributed by atoms with Gasteiger partial charge >= 0.3 is 0 Å². The first kappa shape index (κ1) is 15.6. The second-order valence-corrected chi connectivity index (χ2v) is 6.06. The molecule has 1 aromatic rings. The summed E-state index contributed by atoms with van der Waals surface area (Å²) in [6.45, 7) is 5.06. The summed E-state index contributed by atoms with van der Waals surface area (Å²) in [7, 11) is -3.72. The van der Waals surface area contributed by atoms with Crippen molar-refractivity contribution in [2.24, 2.45) is 5.92 Å². The van der Waals surface area contributed by atoms with Crippen LogP contribution in [0.4, 0.5) is 0 Å². The summed E-state index contributed by atoms with van der Waals surface area (Å²) in [6.07, 6.45) is 1.38. The van der Waals surface area contributed by atoms with Crippen molar-refractivity contribution < 1.29 is 13.2 Å². The van der Waals surface area contributed by atoms with Crippen molar-refractivity contribution in [3.05, 3.63) is 24.0 Å². The summed E-state index contributed by atoms with van der Waals surface area (Å²) in [6, 6.07) is 4.58. The smallest absolute Gasteiger partial charge is 0.243 e. The van der Waals surface area contributed by atoms with Crippen molar-refractivity contribution in [2.45, 2.75) is 18.7 Å². The molecule has 1 heterocycles. The molecule has 0 aliphatic rings. The number of ether oxygens (including phenoxy) is 1. The largest absolute Gasteiger partial charge is 0.380 e. The quantitative estimate of drug-likeness (QED) is 0.751. The van der Waals surface area contributed by atoms with E-state index in [0.717, 1.165) is 0 Å². The van der Waals surface area contributed by atoms with Gasteiger partial charge in [0.15, 0.2) is 5.69 Å². The third kappa shape index (κ3) is 4.95. The highest BCUT2D eigenvalue weighted by Gasteiger charge is 2.18. The molecule has 0 radical (unpaired) electrons. The van der Waals surface area contributed by atoms with Gasteiger partial charge in [0.05, 0.1) is 6.61 Å². The molecule has 0 saturated heterocycles. The van der Waals surface area contributed by atoms with Gasteiger partial charge in [0.2, 0.25) is 10.0 Å². The summed E-state index contributed by atoms with van der Waals surface area (Å²) in [5, 5.41) is 8.82. The molecule has 0 saturated carbocycles. The third-order valence-electron chi connectivity index (χ3n) is 2.16. The lowest BCUT2D eigenvalue weighted by molar-refractivity contribution is 0.114. The number of sulfonamides is 1. The second-order valence-electron chi connectivity index (χ2n) is 4.33. The molecule has 1 N–H and O–H groups in total. The van der Waals surface area contributed by atoms with Crippen molar-refractivity contribution >= 4 is 10.0 Å². The molecule has 104 valence electrons. The van der Waals surface area contributed by atoms with Crippen molar-refractivity contribution in [3.63, 3.8) is 0 Å². The highest BCUT2D eigenvalue weighted by Crippen LogP contribution is 2.11. The first-order chi connectivity index (χ1) is 8.97. The van der Waals surface area contributed by atoms with Crippen LogP contribution in [0.25, 0.3) is 0 Å². The zero-order valence-electron chi connectivity index (χ0n) is 11.0. The van der Waals surface area contributed by atoms with E-state index in [9.17, 15) is 8.42 Å². The van der Waals surface area contributed by atoms with Crippen LogP contribution in [-0.4, -0.2) is 33.2 Å². The van der Waals surface area contributed by atoms with Crippen LogP contribution in [0.3, 0.4) is 0 Å². The maximum atomic E-state index is 12.0. The fraction of sp³-hybridized carbons (Fsp3) is 0.500. The Morgan fingerprint density at radius 2 is 2.26 bits per heavy atom. The lowest BCUT2D eigenvalue weighted by Gasteiger charge is -2.09. The van der Waals surface area contributed by atoms with Crippen LogP contribution in [0, 0.1) is 17.2 Å². The molecule has 0 amide bonds. The minimum atomic E-state index is -3.72. The lowest BCUT2D eigenvalue weighted by Crippen LogP contribution is -2.28. The van der Waals surface area contributed by atoms with E-state index in [2.05, 4.69) is 9.71 Å². The van der Waals surface area contributed by atoms with E-state index in [4.69, 9.17) is 10.00 Å². The lowest BCUT2D eigenvalue weighted by atomic mass is 10.2. The predicted molar refractivity (Wildman–Crippen MR) is 69.8 cm³/mol. The highest BCUT2D eigenvalue weighted by atomic mass is 32.2. The van der Waals surface area contributed by atoms with E-state index >= 15 is 0 Å². The Kier molecular flexibility index (Phi) is 5.89. The molecule has 7 heteroatoms. The molecule has 0 aliphatic carbocycles. The molecule has 0 atom stereocenters. The van der Waals surface area contributed by atoms with Gasteiger partial charge in [0, 0.05) is 19.3 Å². The Balaban J connectivity index is 2.60. The molecule has 0 spiro atoms. The van der Waals surface area contributed by atoms with E-state index in [1.165, 1.54) is 18.3 Å². The van der Waals surface area contributed by atoms with Gasteiger partial charge in [-0.15, -0.1) is 0 Å². The fourth-order valence-corrected chi connectivity index (χ4v) is 2.45. The molecule has 0 aliphatic heterocycles. The third-order valence-corrected chi connectivity index (χ3v) is 3.65. The molecular formula is C12H17N3O3S. The zero-order chi connectivity index (χ0) is 14.3. The summed E-state index contributed by atoms with van der Waals surface area (Å²) >= 11 is 0. The van der Waals surface area contributed by atoms with Crippen molar-refractivity contribution in [3.8, 4) is 6.07 Å². The predicted octanol–water partition coefficient (Wildman–Crippen LogP) is 0.904. The number of nitrogens with zero attached hydrogens (tertiary/aromatic N) is 2. The molecular weight excluding hydrogens is 266 g/mol. The topological polar surface area (TPSA) is 92.1 Å². The van der Waals surface area contributed by atoms with Crippen LogP contribution in [0.15, 0.2) is 23.2 Å². The number of rotatable bonds is 7. The average Bonchev–Trinajstić information content (AvgIpc) is 2.37. The number of nitrogens with one attached hydrogen (secondary N) is 1. The average molecular weight is 283 g/mol. The van der Waals surface area contributed by atoms with Crippen LogP contribution >= 0.6 is 0 Å². The first-order valence-corrected chi connectivity index (χ1v) is 7.38. The van der Waals surface area contributed by atoms with Crippen LogP contribution in [0.5, 0.6) is 0 Å². The summed E-state index contributed by atoms with van der Waals surface area (Å²) in [4.78, 5) is 3.61. The van der Waals surface area contributed by atoms with Gasteiger partial charge in [-0.2, -0.15) is 5.26 Å². The maximum Gasteiger partial charge on any atom is 0.243 e. The minimum absolute atomic E-state index is 0.110. The Morgan fingerprint density at radius 3 is 2.89 bits per heavy atom. The monoisotopic (exact) mass is 283 g/mol. The van der Waals surface area contributed by atoms with E-state index in [0.29, 0.717) is 19.1 Å². The number of hydrogen-bond donors (Lipinski definition) is 1. The molecule has 0 bridgehead atoms. The van der Waals surface area contributed by atoms with Crippen LogP contribution < -0.4 is 4.72 Å². The minimum Gasteiger partial charge on any atom is -0.380 e. The number of nitriles is 1. The van der Waals surface area contributed by atoms with Gasteiger partial charge in [-0.1, -0.05) is 13.8 Å². The maximum absolute atomic E-state index is 12.0. The molecule has 0 fully saturated rings. The van der Waals surface area contributed by atoms with Gasteiger partial charge in [-0.05, 0) is 18.1 Å². The SMILES string of the molecule is CC(C)COCCNS(=O)(=O)c1cccnc1C#N. The Morgan fingerprint density at radius 1 is 1.53 bits per heavy atom. The number of pyridine rings is 1. The fourth-order valence-electron chi connectivity index (χ4n) is 1.34. The van der Waals surface area contributed by atoms with Gasteiger partial charge in [0.1, 0.15) is 11.0 Å². The zero-order valence-corrected chi connectivity index (χ0v) is 11.8. The van der Waals surface area contributed by atoms with E-state index in [1.54, 1.807) is 6.07 Å². The standard InChI is InChI=1S/C12H17N3O3S/c1-10(2)9-18-7-6-15-19(16,17)12-4-3-5-14-11(12)8-13/h3-5,10,15H,6-7,9H2,1-2H3. The van der Waals surface area contributed by atoms with Crippen LogP contribution in [0.1, 0.15) is 19.5 Å². The van der Waals surface area contributed by atoms with Crippen molar-refractivity contribution in [1.82, 2.24) is 9.71 Å². The molecule has 19 heavy (non-hydrogen) atoms. The molecule has 0 aromatic carbocycles. The molecule has 0 unspecified atom stereocenters. The van der Waals surface area contributed by atoms with E-state index in [-0.39, 0.29) is 17.1 Å². The molecule has 1 aromatic heterocycles. The van der Waals surface area contributed by atoms with Gasteiger partial charge < -0.3 is 4.74 Å². The van der Waals surface area contributed by atoms with Crippen molar-refractivity contribution in [2.75, 3.05) is 19.8 Å². The van der Waals surface area contributed by atoms with Gasteiger partial charge in [-0.3, -0.25) is 0 Å². The second kappa shape index (κ2) is 7.19. The first-order valence-electron chi connectivity index (χ1n) is 5.90. The Hall–Kier alpha value is -1.49. The Labute approximate surface area is 113 Å². The van der Waals surface area contributed by atoms with E-state index < -0.39 is 10.0 Å². The summed E-state index contributed by atoms with van der Waals surface area (Å²) < 4.78 is 31.6. The number of aromatic nitrogens is 1. The van der Waals surface area contributed by atoms with Gasteiger partial charge in [-0.25, -0.2) is 18.1 Å². The van der Waals surface area contributed by atoms with Gasteiger partial charge in [0.25, 0.3) is 0 Å². The van der Waals surface area contributed by atoms with E-state index in [1.807, 2.05) is 13.8 Å². The molecule has 1 rings (SSSR count). The Bertz CT molecular complexity index is 550. The van der Waals surface area contributed by atoms with Crippen LogP contribution in [-0.2, 0) is 14.8 Å². The normalized spacial score (nSPS) is 11.5. The number of hydrogen-bond acceptors (Lipinski definition) is 5. The van der Waals surface area contributed by atoms with Crippen molar-refractivity contribution in [1.29, 1.82) is 5.26 Å². The molecule has 6 nitrogen and oxygen atoms in total. The summed E-state index contributed by atoms with van der Waals surface area (Å²) in [5.74, 6) is 0.403. The van der Waals surface area contributed by atoms with Crippen LogP contribution in [0.2, 0.25) is 0 Å².